The van der Waals surface area contributed by atoms with Crippen LogP contribution >= 0.6 is 11.3 Å². The topological polar surface area (TPSA) is 54.0 Å². The molecule has 0 atom stereocenters. The number of piperidine rings is 1. The second-order valence-electron chi connectivity index (χ2n) is 4.10. The molecule has 1 amide bonds. The molecule has 2 N–H and O–H groups in total. The lowest BCUT2D eigenvalue weighted by molar-refractivity contribution is -0.125. The van der Waals surface area contributed by atoms with Crippen molar-refractivity contribution in [3.05, 3.63) is 16.1 Å². The Balaban J connectivity index is 1.81. The van der Waals surface area contributed by atoms with Crippen LogP contribution in [0.15, 0.2) is 5.51 Å². The van der Waals surface area contributed by atoms with Gasteiger partial charge in [-0.1, -0.05) is 0 Å². The van der Waals surface area contributed by atoms with Crippen LogP contribution in [0.25, 0.3) is 0 Å². The third-order valence-electron chi connectivity index (χ3n) is 2.98. The number of thiazole rings is 1. The minimum absolute atomic E-state index is 0.189. The zero-order chi connectivity index (χ0) is 11.4. The molecule has 1 aromatic heterocycles. The molecule has 4 nitrogen and oxygen atoms in total. The maximum atomic E-state index is 11.8. The Hall–Kier alpha value is -0.940. The highest BCUT2D eigenvalue weighted by molar-refractivity contribution is 7.09. The summed E-state index contributed by atoms with van der Waals surface area (Å²) in [5, 5.41) is 6.26. The standard InChI is InChI=1S/C11H17N3OS/c1-8-10(16-7-14-8)6-13-11(15)9-2-4-12-5-3-9/h7,9,12H,2-6H2,1H3,(H,13,15). The largest absolute Gasteiger partial charge is 0.351 e. The molecule has 1 fully saturated rings. The first-order valence-corrected chi connectivity index (χ1v) is 6.52. The summed E-state index contributed by atoms with van der Waals surface area (Å²) in [5.74, 6) is 0.378. The van der Waals surface area contributed by atoms with E-state index in [1.165, 1.54) is 0 Å². The fourth-order valence-corrected chi connectivity index (χ4v) is 2.61. The molecule has 0 bridgehead atoms. The third kappa shape index (κ3) is 2.80. The maximum Gasteiger partial charge on any atom is 0.223 e. The molecule has 1 saturated heterocycles. The molecular weight excluding hydrogens is 222 g/mol. The Kier molecular flexibility index (Phi) is 3.90. The molecule has 0 unspecified atom stereocenters. The van der Waals surface area contributed by atoms with Crippen molar-refractivity contribution in [2.24, 2.45) is 5.92 Å². The van der Waals surface area contributed by atoms with Crippen LogP contribution in [0.2, 0.25) is 0 Å². The van der Waals surface area contributed by atoms with Gasteiger partial charge in [0.05, 0.1) is 17.7 Å². The molecule has 0 aliphatic carbocycles. The molecule has 1 aromatic rings. The number of rotatable bonds is 3. The predicted molar refractivity (Wildman–Crippen MR) is 64.3 cm³/mol. The quantitative estimate of drug-likeness (QED) is 0.829. The van der Waals surface area contributed by atoms with Gasteiger partial charge in [-0.25, -0.2) is 4.98 Å². The summed E-state index contributed by atoms with van der Waals surface area (Å²) < 4.78 is 0. The van der Waals surface area contributed by atoms with Crippen molar-refractivity contribution in [1.29, 1.82) is 0 Å². The SMILES string of the molecule is Cc1ncsc1CNC(=O)C1CCNCC1. The van der Waals surface area contributed by atoms with Gasteiger partial charge in [0.1, 0.15) is 0 Å². The van der Waals surface area contributed by atoms with Crippen molar-refractivity contribution in [2.75, 3.05) is 13.1 Å². The molecule has 0 radical (unpaired) electrons. The van der Waals surface area contributed by atoms with Gasteiger partial charge in [-0.05, 0) is 32.9 Å². The molecule has 16 heavy (non-hydrogen) atoms. The Bertz CT molecular complexity index is 358. The number of hydrogen-bond acceptors (Lipinski definition) is 4. The van der Waals surface area contributed by atoms with E-state index >= 15 is 0 Å². The second kappa shape index (κ2) is 5.41. The van der Waals surface area contributed by atoms with Crippen LogP contribution in [0, 0.1) is 12.8 Å². The molecule has 5 heteroatoms. The summed E-state index contributed by atoms with van der Waals surface area (Å²) in [4.78, 5) is 17.2. The monoisotopic (exact) mass is 239 g/mol. The minimum Gasteiger partial charge on any atom is -0.351 e. The van der Waals surface area contributed by atoms with Gasteiger partial charge < -0.3 is 10.6 Å². The number of carbonyl (C=O) groups excluding carboxylic acids is 1. The molecular formula is C11H17N3OS. The average Bonchev–Trinajstić information content (AvgIpc) is 2.73. The van der Waals surface area contributed by atoms with Crippen LogP contribution in [0.5, 0.6) is 0 Å². The highest BCUT2D eigenvalue weighted by Gasteiger charge is 2.20. The summed E-state index contributed by atoms with van der Waals surface area (Å²) >= 11 is 1.60. The average molecular weight is 239 g/mol. The Morgan fingerprint density at radius 1 is 1.62 bits per heavy atom. The van der Waals surface area contributed by atoms with Crippen LogP contribution in [-0.2, 0) is 11.3 Å². The molecule has 0 spiro atoms. The van der Waals surface area contributed by atoms with Crippen LogP contribution in [0.3, 0.4) is 0 Å². The minimum atomic E-state index is 0.189. The third-order valence-corrected chi connectivity index (χ3v) is 3.91. The number of amides is 1. The number of hydrogen-bond donors (Lipinski definition) is 2. The van der Waals surface area contributed by atoms with Crippen LogP contribution < -0.4 is 10.6 Å². The fourth-order valence-electron chi connectivity index (χ4n) is 1.89. The fraction of sp³-hybridized carbons (Fsp3) is 0.636. The van der Waals surface area contributed by atoms with Crippen molar-refractivity contribution >= 4 is 17.2 Å². The Morgan fingerprint density at radius 2 is 2.38 bits per heavy atom. The number of aromatic nitrogens is 1. The molecule has 2 rings (SSSR count). The molecule has 88 valence electrons. The van der Waals surface area contributed by atoms with E-state index in [4.69, 9.17) is 0 Å². The molecule has 0 aromatic carbocycles. The zero-order valence-electron chi connectivity index (χ0n) is 9.45. The molecule has 0 saturated carbocycles. The van der Waals surface area contributed by atoms with Gasteiger partial charge >= 0.3 is 0 Å². The highest BCUT2D eigenvalue weighted by Crippen LogP contribution is 2.14. The lowest BCUT2D eigenvalue weighted by atomic mass is 9.97. The first-order chi connectivity index (χ1) is 7.77. The maximum absolute atomic E-state index is 11.8. The van der Waals surface area contributed by atoms with E-state index < -0.39 is 0 Å². The molecule has 2 heterocycles. The predicted octanol–water partition coefficient (Wildman–Crippen LogP) is 1.07. The van der Waals surface area contributed by atoms with E-state index in [1.807, 2.05) is 12.4 Å². The van der Waals surface area contributed by atoms with Crippen LogP contribution in [-0.4, -0.2) is 24.0 Å². The lowest BCUT2D eigenvalue weighted by Gasteiger charge is -2.21. The Labute approximate surface area is 99.5 Å². The van der Waals surface area contributed by atoms with Gasteiger partial charge in [0.2, 0.25) is 5.91 Å². The summed E-state index contributed by atoms with van der Waals surface area (Å²) in [5.41, 5.74) is 2.84. The van der Waals surface area contributed by atoms with E-state index in [2.05, 4.69) is 15.6 Å². The van der Waals surface area contributed by atoms with Crippen molar-refractivity contribution < 1.29 is 4.79 Å². The van der Waals surface area contributed by atoms with Crippen LogP contribution in [0.4, 0.5) is 0 Å². The summed E-state index contributed by atoms with van der Waals surface area (Å²) in [6, 6.07) is 0. The van der Waals surface area contributed by atoms with E-state index in [0.717, 1.165) is 36.5 Å². The first-order valence-electron chi connectivity index (χ1n) is 5.65. The lowest BCUT2D eigenvalue weighted by Crippen LogP contribution is -2.37. The van der Waals surface area contributed by atoms with E-state index in [0.29, 0.717) is 6.54 Å². The van der Waals surface area contributed by atoms with Crippen molar-refractivity contribution in [3.63, 3.8) is 0 Å². The summed E-state index contributed by atoms with van der Waals surface area (Å²) in [6.45, 7) is 4.51. The van der Waals surface area contributed by atoms with Gasteiger partial charge in [0.15, 0.2) is 0 Å². The Morgan fingerprint density at radius 3 is 3.00 bits per heavy atom. The summed E-state index contributed by atoms with van der Waals surface area (Å²) in [6.07, 6.45) is 1.90. The smallest absolute Gasteiger partial charge is 0.223 e. The van der Waals surface area contributed by atoms with Gasteiger partial charge in [-0.2, -0.15) is 0 Å². The van der Waals surface area contributed by atoms with E-state index in [9.17, 15) is 4.79 Å². The molecule has 1 aliphatic rings. The van der Waals surface area contributed by atoms with Crippen molar-refractivity contribution in [1.82, 2.24) is 15.6 Å². The summed E-state index contributed by atoms with van der Waals surface area (Å²) in [7, 11) is 0. The zero-order valence-corrected chi connectivity index (χ0v) is 10.3. The number of nitrogens with zero attached hydrogens (tertiary/aromatic N) is 1. The number of carbonyl (C=O) groups is 1. The first kappa shape index (κ1) is 11.5. The molecule has 1 aliphatic heterocycles. The number of nitrogens with one attached hydrogen (secondary N) is 2. The van der Waals surface area contributed by atoms with Gasteiger partial charge in [0.25, 0.3) is 0 Å². The van der Waals surface area contributed by atoms with Crippen molar-refractivity contribution in [2.45, 2.75) is 26.3 Å². The second-order valence-corrected chi connectivity index (χ2v) is 5.04. The highest BCUT2D eigenvalue weighted by atomic mass is 32.1. The van der Waals surface area contributed by atoms with Crippen molar-refractivity contribution in [3.8, 4) is 0 Å². The van der Waals surface area contributed by atoms with E-state index in [-0.39, 0.29) is 11.8 Å². The van der Waals surface area contributed by atoms with Crippen LogP contribution in [0.1, 0.15) is 23.4 Å². The van der Waals surface area contributed by atoms with Gasteiger partial charge in [-0.3, -0.25) is 4.79 Å². The van der Waals surface area contributed by atoms with Gasteiger partial charge in [0, 0.05) is 10.8 Å². The normalized spacial score (nSPS) is 17.3. The van der Waals surface area contributed by atoms with E-state index in [1.54, 1.807) is 11.3 Å². The number of aryl methyl sites for hydroxylation is 1. The van der Waals surface area contributed by atoms with Gasteiger partial charge in [-0.15, -0.1) is 11.3 Å².